The molecule has 0 radical (unpaired) electrons. The van der Waals surface area contributed by atoms with E-state index < -0.39 is 11.6 Å². The molecule has 3 nitrogen and oxygen atoms in total. The maximum absolute atomic E-state index is 15.0. The highest BCUT2D eigenvalue weighted by molar-refractivity contribution is 5.69. The van der Waals surface area contributed by atoms with E-state index in [1.807, 2.05) is 36.4 Å². The summed E-state index contributed by atoms with van der Waals surface area (Å²) in [5.41, 5.74) is 1.63. The number of likely N-dealkylation sites (tertiary alicyclic amines) is 2. The first kappa shape index (κ1) is 28.0. The third-order valence-corrected chi connectivity index (χ3v) is 9.22. The van der Waals surface area contributed by atoms with Crippen LogP contribution in [0.15, 0.2) is 49.0 Å². The first-order valence-electron chi connectivity index (χ1n) is 14.5. The summed E-state index contributed by atoms with van der Waals surface area (Å²) >= 11 is 0. The molecule has 1 saturated carbocycles. The summed E-state index contributed by atoms with van der Waals surface area (Å²) in [4.78, 5) is 4.36. The van der Waals surface area contributed by atoms with Crippen molar-refractivity contribution in [2.75, 3.05) is 39.3 Å². The van der Waals surface area contributed by atoms with Crippen LogP contribution in [0.4, 0.5) is 17.6 Å². The van der Waals surface area contributed by atoms with E-state index in [0.717, 1.165) is 74.4 Å². The fourth-order valence-electron chi connectivity index (χ4n) is 6.25. The average molecular weight is 545 g/mol. The van der Waals surface area contributed by atoms with Crippen LogP contribution in [0.1, 0.15) is 63.4 Å². The highest BCUT2D eigenvalue weighted by Crippen LogP contribution is 2.55. The number of hydrogen-bond donors (Lipinski definition) is 0. The maximum atomic E-state index is 15.0. The van der Waals surface area contributed by atoms with Gasteiger partial charge < -0.3 is 14.5 Å². The Labute approximate surface area is 229 Å². The van der Waals surface area contributed by atoms with E-state index in [1.165, 1.54) is 6.42 Å². The highest BCUT2D eigenvalue weighted by Gasteiger charge is 2.57. The van der Waals surface area contributed by atoms with Crippen molar-refractivity contribution in [1.82, 2.24) is 9.80 Å². The number of rotatable bonds is 9. The van der Waals surface area contributed by atoms with E-state index >= 15 is 0 Å². The number of hydrogen-bond acceptors (Lipinski definition) is 3. The molecule has 3 aliphatic rings. The summed E-state index contributed by atoms with van der Waals surface area (Å²) < 4.78 is 61.3. The van der Waals surface area contributed by atoms with Gasteiger partial charge in [0.25, 0.3) is 0 Å². The van der Waals surface area contributed by atoms with Gasteiger partial charge in [0.1, 0.15) is 11.6 Å². The molecule has 0 amide bonds. The molecule has 1 aliphatic carbocycles. The second kappa shape index (κ2) is 11.9. The Hall–Kier alpha value is -2.54. The summed E-state index contributed by atoms with van der Waals surface area (Å²) in [6.45, 7) is 8.79. The molecular formula is C32H40F4N2O. The van der Waals surface area contributed by atoms with Gasteiger partial charge in [0.05, 0.1) is 12.0 Å². The Morgan fingerprint density at radius 3 is 2.15 bits per heavy atom. The molecule has 0 spiro atoms. The first-order chi connectivity index (χ1) is 18.7. The minimum atomic E-state index is -4.08. The van der Waals surface area contributed by atoms with Crippen LogP contribution in [0.25, 0.3) is 16.8 Å². The summed E-state index contributed by atoms with van der Waals surface area (Å²) in [5.74, 6) is 0.917. The molecule has 0 unspecified atom stereocenters. The zero-order valence-electron chi connectivity index (χ0n) is 22.7. The molecule has 2 aliphatic heterocycles. The lowest BCUT2D eigenvalue weighted by Crippen LogP contribution is -2.47. The van der Waals surface area contributed by atoms with Crippen LogP contribution in [0.5, 0.6) is 5.75 Å². The van der Waals surface area contributed by atoms with Crippen LogP contribution in [-0.4, -0.2) is 55.3 Å². The lowest BCUT2D eigenvalue weighted by Gasteiger charge is -2.44. The molecule has 0 N–H and O–H groups in total. The molecule has 0 bridgehead atoms. The lowest BCUT2D eigenvalue weighted by atomic mass is 9.66. The molecule has 2 heterocycles. The number of ether oxygens (including phenoxy) is 1. The molecule has 0 atom stereocenters. The largest absolute Gasteiger partial charge is 0.493 e. The fraction of sp³-hybridized carbons (Fsp3) is 0.562. The van der Waals surface area contributed by atoms with Gasteiger partial charge in [-0.2, -0.15) is 13.2 Å². The predicted octanol–water partition coefficient (Wildman–Crippen LogP) is 8.16. The minimum absolute atomic E-state index is 0.226. The van der Waals surface area contributed by atoms with Gasteiger partial charge in [-0.05, 0) is 112 Å². The molecule has 5 rings (SSSR count). The van der Waals surface area contributed by atoms with Gasteiger partial charge in [-0.15, -0.1) is 0 Å². The van der Waals surface area contributed by atoms with E-state index in [-0.39, 0.29) is 25.1 Å². The van der Waals surface area contributed by atoms with Crippen molar-refractivity contribution in [2.45, 2.75) is 64.0 Å². The van der Waals surface area contributed by atoms with E-state index in [2.05, 4.69) is 16.4 Å². The van der Waals surface area contributed by atoms with E-state index in [4.69, 9.17) is 4.74 Å². The summed E-state index contributed by atoms with van der Waals surface area (Å²) in [5, 5.41) is 0. The van der Waals surface area contributed by atoms with Gasteiger partial charge in [0, 0.05) is 24.4 Å². The topological polar surface area (TPSA) is 15.7 Å². The van der Waals surface area contributed by atoms with Gasteiger partial charge in [0.2, 0.25) is 0 Å². The Bertz CT molecular complexity index is 1110. The number of benzene rings is 2. The number of piperidine rings is 2. The molecule has 7 heteroatoms. The van der Waals surface area contributed by atoms with Crippen LogP contribution in [-0.2, 0) is 0 Å². The van der Waals surface area contributed by atoms with Crippen LogP contribution in [0, 0.1) is 17.2 Å². The Kier molecular flexibility index (Phi) is 8.55. The van der Waals surface area contributed by atoms with Crippen molar-refractivity contribution in [2.24, 2.45) is 11.3 Å². The fourth-order valence-corrected chi connectivity index (χ4v) is 6.25. The molecule has 3 fully saturated rings. The van der Waals surface area contributed by atoms with Gasteiger partial charge in [-0.1, -0.05) is 31.2 Å². The second-order valence-electron chi connectivity index (χ2n) is 11.7. The van der Waals surface area contributed by atoms with E-state index in [9.17, 15) is 17.6 Å². The Morgan fingerprint density at radius 2 is 1.56 bits per heavy atom. The van der Waals surface area contributed by atoms with Crippen LogP contribution in [0.3, 0.4) is 0 Å². The molecule has 212 valence electrons. The zero-order valence-corrected chi connectivity index (χ0v) is 22.7. The SMILES string of the molecule is C=C(c1ccc(-c2ccc(OCC3CCN(CCC4(C(F)(F)F)CCC4)CC3)cc2)cc1F)N1CCCCC1. The third kappa shape index (κ3) is 6.45. The van der Waals surface area contributed by atoms with Crippen molar-refractivity contribution >= 4 is 5.70 Å². The number of alkyl halides is 3. The number of halogens is 4. The molecule has 0 aromatic heterocycles. The average Bonchev–Trinajstić information content (AvgIpc) is 2.91. The van der Waals surface area contributed by atoms with E-state index in [0.29, 0.717) is 31.1 Å². The minimum Gasteiger partial charge on any atom is -0.493 e. The summed E-state index contributed by atoms with van der Waals surface area (Å²) in [6.07, 6.45) is 2.75. The molecular weight excluding hydrogens is 504 g/mol. The van der Waals surface area contributed by atoms with E-state index in [1.54, 1.807) is 6.07 Å². The van der Waals surface area contributed by atoms with Gasteiger partial charge in [-0.25, -0.2) is 4.39 Å². The first-order valence-corrected chi connectivity index (χ1v) is 14.5. The van der Waals surface area contributed by atoms with Crippen molar-refractivity contribution in [3.05, 3.63) is 60.4 Å². The van der Waals surface area contributed by atoms with Gasteiger partial charge in [-0.3, -0.25) is 0 Å². The molecule has 2 aromatic carbocycles. The number of nitrogens with zero attached hydrogens (tertiary/aromatic N) is 2. The van der Waals surface area contributed by atoms with Crippen molar-refractivity contribution in [3.8, 4) is 16.9 Å². The lowest BCUT2D eigenvalue weighted by molar-refractivity contribution is -0.254. The van der Waals surface area contributed by atoms with Gasteiger partial charge >= 0.3 is 6.18 Å². The maximum Gasteiger partial charge on any atom is 0.394 e. The third-order valence-electron chi connectivity index (χ3n) is 9.22. The van der Waals surface area contributed by atoms with Crippen LogP contribution < -0.4 is 4.74 Å². The monoisotopic (exact) mass is 544 g/mol. The second-order valence-corrected chi connectivity index (χ2v) is 11.7. The van der Waals surface area contributed by atoms with Crippen molar-refractivity contribution in [3.63, 3.8) is 0 Å². The Morgan fingerprint density at radius 1 is 0.897 bits per heavy atom. The summed E-state index contributed by atoms with van der Waals surface area (Å²) in [6, 6.07) is 13.1. The van der Waals surface area contributed by atoms with Gasteiger partial charge in [0.15, 0.2) is 0 Å². The van der Waals surface area contributed by atoms with Crippen LogP contribution in [0.2, 0.25) is 0 Å². The smallest absolute Gasteiger partial charge is 0.394 e. The Balaban J connectivity index is 1.08. The highest BCUT2D eigenvalue weighted by atomic mass is 19.4. The predicted molar refractivity (Wildman–Crippen MR) is 148 cm³/mol. The summed E-state index contributed by atoms with van der Waals surface area (Å²) in [7, 11) is 0. The zero-order chi connectivity index (χ0) is 27.5. The van der Waals surface area contributed by atoms with Crippen molar-refractivity contribution in [1.29, 1.82) is 0 Å². The van der Waals surface area contributed by atoms with Crippen molar-refractivity contribution < 1.29 is 22.3 Å². The van der Waals surface area contributed by atoms with Crippen LogP contribution >= 0.6 is 0 Å². The molecule has 2 saturated heterocycles. The quantitative estimate of drug-likeness (QED) is 0.296. The standard InChI is InChI=1S/C32H40F4N2O/c1-24(38-17-3-2-4-18-38)29-11-8-27(22-30(29)33)26-6-9-28(10-7-26)39-23-25-12-19-37(20-13-25)21-16-31(14-5-15-31)32(34,35)36/h6-11,22,25H,1-5,12-21,23H2. The normalized spacial score (nSPS) is 20.5. The molecule has 2 aromatic rings. The molecule has 39 heavy (non-hydrogen) atoms.